The van der Waals surface area contributed by atoms with Crippen LogP contribution in [0.4, 0.5) is 11.4 Å². The van der Waals surface area contributed by atoms with Crippen molar-refractivity contribution in [2.45, 2.75) is 25.9 Å². The maximum Gasteiger partial charge on any atom is 0.241 e. The molecule has 1 fully saturated rings. The van der Waals surface area contributed by atoms with Crippen molar-refractivity contribution < 1.29 is 4.79 Å². The number of hydrogen-bond acceptors (Lipinski definition) is 4. The third-order valence-electron chi connectivity index (χ3n) is 4.19. The Bertz CT molecular complexity index is 522. The molecule has 0 aromatic heterocycles. The molecule has 116 valence electrons. The van der Waals surface area contributed by atoms with E-state index in [0.29, 0.717) is 22.4 Å². The van der Waals surface area contributed by atoms with E-state index in [1.165, 1.54) is 0 Å². The number of rotatable bonds is 3. The van der Waals surface area contributed by atoms with Gasteiger partial charge in [-0.05, 0) is 39.1 Å². The van der Waals surface area contributed by atoms with Crippen LogP contribution in [0, 0.1) is 0 Å². The van der Waals surface area contributed by atoms with Crippen LogP contribution < -0.4 is 11.1 Å². The molecule has 3 N–H and O–H groups in total. The predicted molar refractivity (Wildman–Crippen MR) is 87.6 cm³/mol. The van der Waals surface area contributed by atoms with E-state index in [1.54, 1.807) is 18.2 Å². The normalized spacial score (nSPS) is 22.0. The molecule has 1 aliphatic rings. The molecule has 0 radical (unpaired) electrons. The summed E-state index contributed by atoms with van der Waals surface area (Å²) >= 11 is 5.94. The number of amides is 1. The minimum Gasteiger partial charge on any atom is -0.397 e. The van der Waals surface area contributed by atoms with Gasteiger partial charge in [-0.15, -0.1) is 0 Å². The van der Waals surface area contributed by atoms with E-state index in [-0.39, 0.29) is 11.9 Å². The lowest BCUT2D eigenvalue weighted by Crippen LogP contribution is -2.55. The number of hydrogen-bond donors (Lipinski definition) is 2. The molecule has 1 aliphatic heterocycles. The first-order valence-corrected chi connectivity index (χ1v) is 7.56. The molecule has 0 spiro atoms. The molecule has 1 amide bonds. The van der Waals surface area contributed by atoms with Crippen molar-refractivity contribution in [3.8, 4) is 0 Å². The molecule has 5 nitrogen and oxygen atoms in total. The standard InChI is InChI=1S/C15H23ClN4O/c1-10-9-20(7-6-19(10)3)11(2)15(21)18-14-8-12(16)4-5-13(14)17/h4-5,8,10-11H,6-7,9,17H2,1-3H3,(H,18,21). The molecule has 6 heteroatoms. The van der Waals surface area contributed by atoms with Gasteiger partial charge in [-0.1, -0.05) is 11.6 Å². The molecule has 0 saturated carbocycles. The molecule has 2 rings (SSSR count). The predicted octanol–water partition coefficient (Wildman–Crippen LogP) is 1.89. The minimum atomic E-state index is -0.195. The number of nitrogen functional groups attached to an aromatic ring is 1. The Morgan fingerprint density at radius 3 is 2.86 bits per heavy atom. The third-order valence-corrected chi connectivity index (χ3v) is 4.43. The van der Waals surface area contributed by atoms with Gasteiger partial charge in [-0.2, -0.15) is 0 Å². The topological polar surface area (TPSA) is 61.6 Å². The highest BCUT2D eigenvalue weighted by Gasteiger charge is 2.28. The summed E-state index contributed by atoms with van der Waals surface area (Å²) in [6.07, 6.45) is 0. The van der Waals surface area contributed by atoms with Gasteiger partial charge in [-0.25, -0.2) is 0 Å². The van der Waals surface area contributed by atoms with Crippen LogP contribution in [0.2, 0.25) is 5.02 Å². The van der Waals surface area contributed by atoms with Gasteiger partial charge < -0.3 is 16.0 Å². The first-order valence-electron chi connectivity index (χ1n) is 7.18. The van der Waals surface area contributed by atoms with Crippen LogP contribution in [0.25, 0.3) is 0 Å². The Hall–Kier alpha value is -1.30. The van der Waals surface area contributed by atoms with Gasteiger partial charge in [0, 0.05) is 30.7 Å². The number of anilines is 2. The van der Waals surface area contributed by atoms with E-state index in [4.69, 9.17) is 17.3 Å². The highest BCUT2D eigenvalue weighted by atomic mass is 35.5. The molecule has 0 bridgehead atoms. The molecule has 0 aliphatic carbocycles. The number of benzene rings is 1. The Morgan fingerprint density at radius 1 is 1.48 bits per heavy atom. The molecule has 21 heavy (non-hydrogen) atoms. The lowest BCUT2D eigenvalue weighted by atomic mass is 10.1. The fourth-order valence-electron chi connectivity index (χ4n) is 2.47. The monoisotopic (exact) mass is 310 g/mol. The van der Waals surface area contributed by atoms with Crippen LogP contribution in [-0.2, 0) is 4.79 Å². The maximum absolute atomic E-state index is 12.4. The molecular formula is C15H23ClN4O. The Balaban J connectivity index is 2.01. The number of carbonyl (C=O) groups excluding carboxylic acids is 1. The highest BCUT2D eigenvalue weighted by molar-refractivity contribution is 6.31. The number of piperazine rings is 1. The first-order chi connectivity index (χ1) is 9.88. The molecule has 1 aromatic carbocycles. The van der Waals surface area contributed by atoms with E-state index < -0.39 is 0 Å². The second-order valence-electron chi connectivity index (χ2n) is 5.72. The Kier molecular flexibility index (Phi) is 5.08. The van der Waals surface area contributed by atoms with Crippen molar-refractivity contribution in [1.29, 1.82) is 0 Å². The quantitative estimate of drug-likeness (QED) is 0.837. The van der Waals surface area contributed by atoms with Crippen molar-refractivity contribution in [1.82, 2.24) is 9.80 Å². The van der Waals surface area contributed by atoms with Gasteiger partial charge in [0.25, 0.3) is 0 Å². The van der Waals surface area contributed by atoms with Gasteiger partial charge in [0.05, 0.1) is 17.4 Å². The SMILES string of the molecule is CC1CN(C(C)C(=O)Nc2cc(Cl)ccc2N)CCN1C. The van der Waals surface area contributed by atoms with Gasteiger partial charge >= 0.3 is 0 Å². The molecule has 1 heterocycles. The third kappa shape index (κ3) is 3.87. The summed E-state index contributed by atoms with van der Waals surface area (Å²) < 4.78 is 0. The van der Waals surface area contributed by atoms with Crippen LogP contribution in [0.5, 0.6) is 0 Å². The van der Waals surface area contributed by atoms with E-state index in [9.17, 15) is 4.79 Å². The number of nitrogens with zero attached hydrogens (tertiary/aromatic N) is 2. The fourth-order valence-corrected chi connectivity index (χ4v) is 2.64. The number of halogens is 1. The zero-order chi connectivity index (χ0) is 15.6. The summed E-state index contributed by atoms with van der Waals surface area (Å²) in [4.78, 5) is 16.9. The van der Waals surface area contributed by atoms with Crippen molar-refractivity contribution in [3.63, 3.8) is 0 Å². The fraction of sp³-hybridized carbons (Fsp3) is 0.533. The van der Waals surface area contributed by atoms with E-state index in [0.717, 1.165) is 19.6 Å². The molecule has 2 atom stereocenters. The van der Waals surface area contributed by atoms with Gasteiger partial charge in [0.2, 0.25) is 5.91 Å². The van der Waals surface area contributed by atoms with Crippen LogP contribution in [-0.4, -0.2) is 54.5 Å². The van der Waals surface area contributed by atoms with Gasteiger partial charge in [-0.3, -0.25) is 9.69 Å². The zero-order valence-electron chi connectivity index (χ0n) is 12.8. The number of nitrogens with two attached hydrogens (primary N) is 1. The summed E-state index contributed by atoms with van der Waals surface area (Å²) in [6, 6.07) is 5.33. The van der Waals surface area contributed by atoms with Crippen molar-refractivity contribution in [2.24, 2.45) is 0 Å². The summed E-state index contributed by atoms with van der Waals surface area (Å²) in [5, 5.41) is 3.43. The van der Waals surface area contributed by atoms with E-state index >= 15 is 0 Å². The summed E-state index contributed by atoms with van der Waals surface area (Å²) in [5.41, 5.74) is 6.95. The second kappa shape index (κ2) is 6.64. The average molecular weight is 311 g/mol. The zero-order valence-corrected chi connectivity index (χ0v) is 13.5. The number of likely N-dealkylation sites (N-methyl/N-ethyl adjacent to an activating group) is 1. The highest BCUT2D eigenvalue weighted by Crippen LogP contribution is 2.23. The Morgan fingerprint density at radius 2 is 2.19 bits per heavy atom. The van der Waals surface area contributed by atoms with Crippen molar-refractivity contribution in [2.75, 3.05) is 37.7 Å². The number of carbonyl (C=O) groups is 1. The summed E-state index contributed by atoms with van der Waals surface area (Å²) in [7, 11) is 2.11. The first kappa shape index (κ1) is 16.1. The van der Waals surface area contributed by atoms with Gasteiger partial charge in [0.15, 0.2) is 0 Å². The van der Waals surface area contributed by atoms with Crippen LogP contribution in [0.15, 0.2) is 18.2 Å². The van der Waals surface area contributed by atoms with E-state index in [2.05, 4.69) is 29.1 Å². The molecule has 1 aromatic rings. The van der Waals surface area contributed by atoms with Gasteiger partial charge in [0.1, 0.15) is 0 Å². The van der Waals surface area contributed by atoms with Crippen LogP contribution >= 0.6 is 11.6 Å². The number of nitrogens with one attached hydrogen (secondary N) is 1. The average Bonchev–Trinajstić information content (AvgIpc) is 2.45. The molecule has 2 unspecified atom stereocenters. The van der Waals surface area contributed by atoms with Crippen molar-refractivity contribution in [3.05, 3.63) is 23.2 Å². The largest absolute Gasteiger partial charge is 0.397 e. The Labute approximate surface area is 131 Å². The summed E-state index contributed by atoms with van der Waals surface area (Å²) in [5.74, 6) is -0.0549. The van der Waals surface area contributed by atoms with E-state index in [1.807, 2.05) is 6.92 Å². The smallest absolute Gasteiger partial charge is 0.241 e. The lowest BCUT2D eigenvalue weighted by Gasteiger charge is -2.40. The second-order valence-corrected chi connectivity index (χ2v) is 6.16. The molecular weight excluding hydrogens is 288 g/mol. The maximum atomic E-state index is 12.4. The van der Waals surface area contributed by atoms with Crippen LogP contribution in [0.1, 0.15) is 13.8 Å². The molecule has 1 saturated heterocycles. The minimum absolute atomic E-state index is 0.0549. The summed E-state index contributed by atoms with van der Waals surface area (Å²) in [6.45, 7) is 6.84. The lowest BCUT2D eigenvalue weighted by molar-refractivity contribution is -0.121. The van der Waals surface area contributed by atoms with Crippen LogP contribution in [0.3, 0.4) is 0 Å². The van der Waals surface area contributed by atoms with Crippen molar-refractivity contribution >= 4 is 28.9 Å².